The average molecular weight is 652 g/mol. The first-order valence-corrected chi connectivity index (χ1v) is 15.7. The van der Waals surface area contributed by atoms with Crippen LogP contribution in [-0.4, -0.2) is 58.8 Å². The molecule has 3 aromatic rings. The van der Waals surface area contributed by atoms with Gasteiger partial charge in [0.25, 0.3) is 5.56 Å². The molecule has 0 atom stereocenters. The van der Waals surface area contributed by atoms with Crippen molar-refractivity contribution < 1.29 is 14.6 Å². The lowest BCUT2D eigenvalue weighted by molar-refractivity contribution is 0.243. The highest BCUT2D eigenvalue weighted by atomic mass is 16.5. The zero-order valence-corrected chi connectivity index (χ0v) is 28.6. The van der Waals surface area contributed by atoms with E-state index in [1.165, 1.54) is 0 Å². The number of ether oxygens (including phenoxy) is 1. The highest BCUT2D eigenvalue weighted by molar-refractivity contribution is 5.91. The molecule has 0 aliphatic carbocycles. The lowest BCUT2D eigenvalue weighted by Gasteiger charge is -2.21. The molecular weight excluding hydrogens is 598 g/mol. The van der Waals surface area contributed by atoms with Gasteiger partial charge >= 0.3 is 6.03 Å². The number of nitrogens with zero attached hydrogens (tertiary/aromatic N) is 2. The highest BCUT2D eigenvalue weighted by Gasteiger charge is 2.18. The van der Waals surface area contributed by atoms with E-state index in [0.717, 1.165) is 37.1 Å². The number of aromatic amines is 1. The van der Waals surface area contributed by atoms with Gasteiger partial charge in [0.05, 0.1) is 24.5 Å². The van der Waals surface area contributed by atoms with Gasteiger partial charge in [0.15, 0.2) is 5.96 Å². The lowest BCUT2D eigenvalue weighted by atomic mass is 9.95. The van der Waals surface area contributed by atoms with Crippen molar-refractivity contribution in [2.75, 3.05) is 31.6 Å². The van der Waals surface area contributed by atoms with E-state index in [1.54, 1.807) is 24.4 Å². The largest absolute Gasteiger partial charge is 0.491 e. The van der Waals surface area contributed by atoms with Gasteiger partial charge in [0, 0.05) is 30.2 Å². The fraction of sp³-hybridized carbons (Fsp3) is 0.471. The van der Waals surface area contributed by atoms with E-state index in [4.69, 9.17) is 21.9 Å². The molecule has 0 radical (unpaired) electrons. The van der Waals surface area contributed by atoms with Crippen molar-refractivity contribution in [3.05, 3.63) is 76.0 Å². The highest BCUT2D eigenvalue weighted by Crippen LogP contribution is 2.26. The van der Waals surface area contributed by atoms with Crippen LogP contribution in [0.3, 0.4) is 0 Å². The number of anilines is 1. The predicted octanol–water partition coefficient (Wildman–Crippen LogP) is 3.31. The molecule has 2 amide bonds. The molecule has 2 aromatic carbocycles. The number of carbonyl (C=O) groups is 1. The molecule has 0 bridgehead atoms. The van der Waals surface area contributed by atoms with Crippen LogP contribution < -0.4 is 43.4 Å². The van der Waals surface area contributed by atoms with Crippen LogP contribution >= 0.6 is 0 Å². The minimum atomic E-state index is -0.334. The summed E-state index contributed by atoms with van der Waals surface area (Å²) in [7, 11) is 0. The van der Waals surface area contributed by atoms with E-state index in [2.05, 4.69) is 30.9 Å². The monoisotopic (exact) mass is 651 g/mol. The van der Waals surface area contributed by atoms with Gasteiger partial charge in [-0.2, -0.15) is 0 Å². The van der Waals surface area contributed by atoms with E-state index in [9.17, 15) is 14.7 Å². The Balaban J connectivity index is 0.000000335. The molecule has 1 aromatic heterocycles. The summed E-state index contributed by atoms with van der Waals surface area (Å²) in [4.78, 5) is 35.5. The summed E-state index contributed by atoms with van der Waals surface area (Å²) >= 11 is 0. The van der Waals surface area contributed by atoms with E-state index >= 15 is 0 Å². The molecular formula is C34H53N9O4. The number of nitrogens with one attached hydrogen (secondary N) is 4. The fourth-order valence-corrected chi connectivity index (χ4v) is 4.09. The molecule has 13 heteroatoms. The van der Waals surface area contributed by atoms with Crippen LogP contribution in [0.1, 0.15) is 71.3 Å². The molecule has 0 aliphatic rings. The molecule has 13 nitrogen and oxygen atoms in total. The molecule has 3 rings (SSSR count). The van der Waals surface area contributed by atoms with Crippen LogP contribution in [0.2, 0.25) is 0 Å². The SMILES string of the molecule is CC(C)(C)NC(=O)Nc1cc(CO)ccc1OCCCN.CC(C)(C)c1ncc(-c2ccc(CNCCCN=C(N)N)cc2)c(=O)[nH]1. The first-order chi connectivity index (χ1) is 22.1. The van der Waals surface area contributed by atoms with Gasteiger partial charge in [-0.1, -0.05) is 51.1 Å². The number of aliphatic hydroxyl groups is 1. The number of aliphatic imine (C=N–C) groups is 1. The van der Waals surface area contributed by atoms with Crippen molar-refractivity contribution in [3.8, 4) is 16.9 Å². The Hall–Kier alpha value is -4.46. The second kappa shape index (κ2) is 18.6. The van der Waals surface area contributed by atoms with Gasteiger partial charge in [-0.25, -0.2) is 9.78 Å². The van der Waals surface area contributed by atoms with Gasteiger partial charge < -0.3 is 48.0 Å². The molecule has 1 heterocycles. The van der Waals surface area contributed by atoms with Crippen molar-refractivity contribution in [2.24, 2.45) is 22.2 Å². The molecule has 0 aliphatic heterocycles. The Morgan fingerprint density at radius 1 is 1.02 bits per heavy atom. The molecule has 0 spiro atoms. The van der Waals surface area contributed by atoms with Gasteiger partial charge in [0.2, 0.25) is 0 Å². The number of aromatic nitrogens is 2. The number of carbonyl (C=O) groups excluding carboxylic acids is 1. The minimum absolute atomic E-state index is 0.0986. The Labute approximate surface area is 277 Å². The Kier molecular flexibility index (Phi) is 15.3. The summed E-state index contributed by atoms with van der Waals surface area (Å²) < 4.78 is 5.60. The van der Waals surface area contributed by atoms with Crippen molar-refractivity contribution >= 4 is 17.7 Å². The fourth-order valence-electron chi connectivity index (χ4n) is 4.09. The zero-order chi connectivity index (χ0) is 35.0. The maximum atomic E-state index is 12.4. The number of nitrogens with two attached hydrogens (primary N) is 3. The van der Waals surface area contributed by atoms with Gasteiger partial charge in [0.1, 0.15) is 11.6 Å². The number of hydrogen-bond donors (Lipinski definition) is 8. The van der Waals surface area contributed by atoms with Gasteiger partial charge in [-0.05, 0) is 75.5 Å². The van der Waals surface area contributed by atoms with Crippen molar-refractivity contribution in [3.63, 3.8) is 0 Å². The Morgan fingerprint density at radius 2 is 1.70 bits per heavy atom. The molecule has 0 saturated heterocycles. The molecule has 258 valence electrons. The molecule has 0 unspecified atom stereocenters. The Bertz CT molecular complexity index is 1490. The minimum Gasteiger partial charge on any atom is -0.491 e. The summed E-state index contributed by atoms with van der Waals surface area (Å²) in [5.41, 5.74) is 19.2. The first-order valence-electron chi connectivity index (χ1n) is 15.7. The zero-order valence-electron chi connectivity index (χ0n) is 28.6. The van der Waals surface area contributed by atoms with Crippen LogP contribution in [0, 0.1) is 0 Å². The van der Waals surface area contributed by atoms with Gasteiger partial charge in [-0.15, -0.1) is 0 Å². The molecule has 0 fully saturated rings. The average Bonchev–Trinajstić information content (AvgIpc) is 2.99. The number of benzene rings is 2. The van der Waals surface area contributed by atoms with Crippen LogP contribution in [-0.2, 0) is 18.6 Å². The summed E-state index contributed by atoms with van der Waals surface area (Å²) in [5, 5.41) is 18.1. The van der Waals surface area contributed by atoms with Gasteiger partial charge in [-0.3, -0.25) is 9.79 Å². The van der Waals surface area contributed by atoms with Crippen LogP contribution in [0.4, 0.5) is 10.5 Å². The normalized spacial score (nSPS) is 11.2. The number of amides is 2. The van der Waals surface area contributed by atoms with Crippen LogP contribution in [0.5, 0.6) is 5.75 Å². The smallest absolute Gasteiger partial charge is 0.319 e. The van der Waals surface area contributed by atoms with Crippen LogP contribution in [0.15, 0.2) is 58.4 Å². The number of rotatable bonds is 13. The number of hydrogen-bond acceptors (Lipinski definition) is 8. The summed E-state index contributed by atoms with van der Waals surface area (Å²) in [6.07, 6.45) is 3.25. The summed E-state index contributed by atoms with van der Waals surface area (Å²) in [5.74, 6) is 1.37. The number of aliphatic hydroxyl groups excluding tert-OH is 1. The third-order valence-electron chi connectivity index (χ3n) is 6.48. The summed E-state index contributed by atoms with van der Waals surface area (Å²) in [6, 6.07) is 12.8. The Morgan fingerprint density at radius 3 is 2.28 bits per heavy atom. The maximum Gasteiger partial charge on any atom is 0.319 e. The predicted molar refractivity (Wildman–Crippen MR) is 189 cm³/mol. The number of urea groups is 1. The summed E-state index contributed by atoms with van der Waals surface area (Å²) in [6.45, 7) is 14.9. The number of guanidine groups is 1. The first kappa shape index (κ1) is 38.7. The maximum absolute atomic E-state index is 12.4. The third-order valence-corrected chi connectivity index (χ3v) is 6.48. The van der Waals surface area contributed by atoms with E-state index in [-0.39, 0.29) is 35.1 Å². The topological polar surface area (TPSA) is 219 Å². The van der Waals surface area contributed by atoms with Crippen molar-refractivity contribution in [1.82, 2.24) is 20.6 Å². The van der Waals surface area contributed by atoms with Crippen molar-refractivity contribution in [1.29, 1.82) is 0 Å². The molecule has 11 N–H and O–H groups in total. The molecule has 0 saturated carbocycles. The lowest BCUT2D eigenvalue weighted by Crippen LogP contribution is -2.43. The van der Waals surface area contributed by atoms with E-state index < -0.39 is 0 Å². The second-order valence-corrected chi connectivity index (χ2v) is 13.1. The molecule has 47 heavy (non-hydrogen) atoms. The quantitative estimate of drug-likeness (QED) is 0.0771. The third kappa shape index (κ3) is 14.7. The van der Waals surface area contributed by atoms with E-state index in [1.807, 2.05) is 65.8 Å². The van der Waals surface area contributed by atoms with Crippen molar-refractivity contribution in [2.45, 2.75) is 78.5 Å². The number of H-pyrrole nitrogens is 1. The second-order valence-electron chi connectivity index (χ2n) is 13.1. The van der Waals surface area contributed by atoms with Crippen LogP contribution in [0.25, 0.3) is 11.1 Å². The standard InChI is InChI=1S/C19H28N6O.C15H25N3O3/c1-19(2,3)17-24-12-15(16(26)25-17)14-7-5-13(6-8-14)11-22-9-4-10-23-18(20)21;1-15(2,3)18-14(20)17-12-9-11(10-19)5-6-13(12)21-8-4-7-16/h5-8,12,22H,4,9-11H2,1-3H3,(H4,20,21,23)(H,24,25,26);5-6,9,19H,4,7-8,10,16H2,1-3H3,(H2,17,18,20). The van der Waals surface area contributed by atoms with E-state index in [0.29, 0.717) is 48.1 Å².